The Morgan fingerprint density at radius 2 is 2.17 bits per heavy atom. The summed E-state index contributed by atoms with van der Waals surface area (Å²) in [6.45, 7) is 4.76. The van der Waals surface area contributed by atoms with Gasteiger partial charge in [-0.25, -0.2) is 0 Å². The van der Waals surface area contributed by atoms with Gasteiger partial charge in [-0.2, -0.15) is 5.26 Å². The third kappa shape index (κ3) is 3.58. The Hall–Kier alpha value is -2.38. The second-order valence-corrected chi connectivity index (χ2v) is 7.19. The summed E-state index contributed by atoms with van der Waals surface area (Å²) in [6, 6.07) is 11.6. The Balaban J connectivity index is 1.81. The Morgan fingerprint density at radius 3 is 2.92 bits per heavy atom. The molecular formula is C20H20N2OS. The number of benzene rings is 1. The average molecular weight is 336 g/mol. The highest BCUT2D eigenvalue weighted by molar-refractivity contribution is 7.14. The molecule has 0 aliphatic heterocycles. The van der Waals surface area contributed by atoms with Gasteiger partial charge in [0.2, 0.25) is 0 Å². The van der Waals surface area contributed by atoms with Crippen molar-refractivity contribution < 1.29 is 4.79 Å². The zero-order valence-corrected chi connectivity index (χ0v) is 14.4. The van der Waals surface area contributed by atoms with Crippen molar-refractivity contribution in [2.45, 2.75) is 32.2 Å². The van der Waals surface area contributed by atoms with Crippen molar-refractivity contribution in [3.05, 3.63) is 69.4 Å². The Labute approximate surface area is 146 Å². The van der Waals surface area contributed by atoms with Crippen LogP contribution in [0.25, 0.3) is 0 Å². The summed E-state index contributed by atoms with van der Waals surface area (Å²) in [4.78, 5) is 16.9. The molecule has 0 saturated heterocycles. The van der Waals surface area contributed by atoms with Gasteiger partial charge in [0.15, 0.2) is 0 Å². The molecule has 122 valence electrons. The Kier molecular flexibility index (Phi) is 5.12. The lowest BCUT2D eigenvalue weighted by Crippen LogP contribution is -2.30. The van der Waals surface area contributed by atoms with Gasteiger partial charge in [-0.05, 0) is 55.0 Å². The first kappa shape index (κ1) is 16.5. The van der Waals surface area contributed by atoms with Gasteiger partial charge in [0.1, 0.15) is 0 Å². The molecule has 1 aromatic carbocycles. The van der Waals surface area contributed by atoms with Gasteiger partial charge in [0.05, 0.1) is 16.5 Å². The number of nitrogens with zero attached hydrogens (tertiary/aromatic N) is 2. The summed E-state index contributed by atoms with van der Waals surface area (Å²) in [7, 11) is 0. The van der Waals surface area contributed by atoms with Crippen LogP contribution in [0.2, 0.25) is 0 Å². The van der Waals surface area contributed by atoms with Gasteiger partial charge in [-0.3, -0.25) is 4.79 Å². The fourth-order valence-corrected chi connectivity index (χ4v) is 4.31. The van der Waals surface area contributed by atoms with Crippen LogP contribution in [0.5, 0.6) is 0 Å². The molecule has 0 spiro atoms. The van der Waals surface area contributed by atoms with Crippen LogP contribution in [0, 0.1) is 11.3 Å². The van der Waals surface area contributed by atoms with Crippen molar-refractivity contribution in [3.63, 3.8) is 0 Å². The smallest absolute Gasteiger partial charge is 0.264 e. The van der Waals surface area contributed by atoms with Crippen LogP contribution in [0.1, 0.15) is 44.1 Å². The van der Waals surface area contributed by atoms with E-state index in [0.29, 0.717) is 18.7 Å². The minimum atomic E-state index is 0.0525. The van der Waals surface area contributed by atoms with Crippen LogP contribution >= 0.6 is 11.3 Å². The van der Waals surface area contributed by atoms with E-state index < -0.39 is 0 Å². The number of aryl methyl sites for hydroxylation is 2. The number of hydrogen-bond donors (Lipinski definition) is 0. The molecule has 0 N–H and O–H groups in total. The predicted molar refractivity (Wildman–Crippen MR) is 97.1 cm³/mol. The number of carbonyl (C=O) groups is 1. The molecule has 1 heterocycles. The molecule has 3 rings (SSSR count). The number of carbonyl (C=O) groups excluding carboxylic acids is 1. The van der Waals surface area contributed by atoms with Gasteiger partial charge in [-0.1, -0.05) is 18.2 Å². The van der Waals surface area contributed by atoms with E-state index >= 15 is 0 Å². The van der Waals surface area contributed by atoms with E-state index in [0.717, 1.165) is 23.3 Å². The summed E-state index contributed by atoms with van der Waals surface area (Å²) in [5, 5.41) is 9.04. The highest BCUT2D eigenvalue weighted by Gasteiger charge is 2.21. The van der Waals surface area contributed by atoms with Crippen molar-refractivity contribution in [2.24, 2.45) is 0 Å². The topological polar surface area (TPSA) is 44.1 Å². The lowest BCUT2D eigenvalue weighted by molar-refractivity contribution is 0.0767. The minimum Gasteiger partial charge on any atom is -0.330 e. The highest BCUT2D eigenvalue weighted by atomic mass is 32.1. The van der Waals surface area contributed by atoms with Crippen LogP contribution in [-0.4, -0.2) is 17.4 Å². The summed E-state index contributed by atoms with van der Waals surface area (Å²) < 4.78 is 0. The number of hydrogen-bond acceptors (Lipinski definition) is 3. The molecular weight excluding hydrogens is 316 g/mol. The maximum Gasteiger partial charge on any atom is 0.264 e. The number of amides is 1. The molecule has 1 aliphatic rings. The second kappa shape index (κ2) is 7.46. The Bertz CT molecular complexity index is 777. The number of nitriles is 1. The van der Waals surface area contributed by atoms with E-state index in [1.807, 2.05) is 18.2 Å². The minimum absolute atomic E-state index is 0.0525. The summed E-state index contributed by atoms with van der Waals surface area (Å²) in [5.41, 5.74) is 2.93. The maximum absolute atomic E-state index is 12.9. The molecule has 24 heavy (non-hydrogen) atoms. The quantitative estimate of drug-likeness (QED) is 0.763. The third-order valence-corrected chi connectivity index (χ3v) is 5.50. The lowest BCUT2D eigenvalue weighted by Gasteiger charge is -2.20. The van der Waals surface area contributed by atoms with Crippen LogP contribution < -0.4 is 0 Å². The van der Waals surface area contributed by atoms with Crippen molar-refractivity contribution in [1.82, 2.24) is 4.90 Å². The largest absolute Gasteiger partial charge is 0.330 e. The first-order chi connectivity index (χ1) is 11.7. The average Bonchev–Trinajstić information content (AvgIpc) is 3.05. The maximum atomic E-state index is 12.9. The van der Waals surface area contributed by atoms with E-state index in [9.17, 15) is 4.79 Å². The second-order valence-electron chi connectivity index (χ2n) is 6.05. The molecule has 0 atom stereocenters. The summed E-state index contributed by atoms with van der Waals surface area (Å²) >= 11 is 1.64. The van der Waals surface area contributed by atoms with Gasteiger partial charge in [-0.15, -0.1) is 17.9 Å². The van der Waals surface area contributed by atoms with E-state index in [1.54, 1.807) is 28.4 Å². The molecule has 0 radical (unpaired) electrons. The van der Waals surface area contributed by atoms with E-state index in [1.165, 1.54) is 23.3 Å². The van der Waals surface area contributed by atoms with Crippen molar-refractivity contribution >= 4 is 17.2 Å². The molecule has 1 amide bonds. The van der Waals surface area contributed by atoms with E-state index in [4.69, 9.17) is 5.26 Å². The predicted octanol–water partition coefficient (Wildman–Crippen LogP) is 4.33. The molecule has 3 nitrogen and oxygen atoms in total. The monoisotopic (exact) mass is 336 g/mol. The number of fused-ring (bicyclic) bond motifs is 1. The van der Waals surface area contributed by atoms with Crippen LogP contribution in [0.15, 0.2) is 43.0 Å². The van der Waals surface area contributed by atoms with Crippen LogP contribution in [0.4, 0.5) is 0 Å². The van der Waals surface area contributed by atoms with Crippen molar-refractivity contribution in [2.75, 3.05) is 6.54 Å². The summed E-state index contributed by atoms with van der Waals surface area (Å²) in [6.07, 6.45) is 6.37. The van der Waals surface area contributed by atoms with Crippen LogP contribution in [-0.2, 0) is 19.4 Å². The molecule has 0 bridgehead atoms. The number of rotatable bonds is 5. The molecule has 1 aromatic heterocycles. The Morgan fingerprint density at radius 1 is 1.33 bits per heavy atom. The van der Waals surface area contributed by atoms with Crippen molar-refractivity contribution in [3.8, 4) is 6.07 Å². The third-order valence-electron chi connectivity index (χ3n) is 4.27. The molecule has 4 heteroatoms. The van der Waals surface area contributed by atoms with E-state index in [2.05, 4.69) is 18.7 Å². The molecule has 0 fully saturated rings. The molecule has 1 aliphatic carbocycles. The fraction of sp³-hybridized carbons (Fsp3) is 0.300. The first-order valence-corrected chi connectivity index (χ1v) is 9.03. The fourth-order valence-electron chi connectivity index (χ4n) is 3.09. The SMILES string of the molecule is C=CCN(Cc1cccc(C#N)c1)C(=O)c1cc2c(s1)CCCC2. The highest BCUT2D eigenvalue weighted by Crippen LogP contribution is 2.30. The van der Waals surface area contributed by atoms with Gasteiger partial charge in [0, 0.05) is 18.0 Å². The zero-order chi connectivity index (χ0) is 16.9. The van der Waals surface area contributed by atoms with E-state index in [-0.39, 0.29) is 5.91 Å². The first-order valence-electron chi connectivity index (χ1n) is 8.22. The van der Waals surface area contributed by atoms with Crippen molar-refractivity contribution in [1.29, 1.82) is 5.26 Å². The standard InChI is InChI=1S/C20H20N2OS/c1-2-10-22(14-16-7-5-6-15(11-16)13-21)20(23)19-12-17-8-3-4-9-18(17)24-19/h2,5-7,11-12H,1,3-4,8-10,14H2. The zero-order valence-electron chi connectivity index (χ0n) is 13.6. The molecule has 0 saturated carbocycles. The molecule has 2 aromatic rings. The van der Waals surface area contributed by atoms with Gasteiger partial charge in [0.25, 0.3) is 5.91 Å². The number of thiophene rings is 1. The van der Waals surface area contributed by atoms with Gasteiger partial charge >= 0.3 is 0 Å². The van der Waals surface area contributed by atoms with Crippen LogP contribution in [0.3, 0.4) is 0 Å². The normalized spacial score (nSPS) is 13.0. The lowest BCUT2D eigenvalue weighted by atomic mass is 9.99. The molecule has 0 unspecified atom stereocenters. The summed E-state index contributed by atoms with van der Waals surface area (Å²) in [5.74, 6) is 0.0525. The van der Waals surface area contributed by atoms with Gasteiger partial charge < -0.3 is 4.90 Å².